The van der Waals surface area contributed by atoms with Gasteiger partial charge in [-0.2, -0.15) is 10.5 Å². The summed E-state index contributed by atoms with van der Waals surface area (Å²) in [5, 5.41) is 32.2. The molecule has 9 heteroatoms. The molecule has 0 atom stereocenters. The van der Waals surface area contributed by atoms with Crippen LogP contribution in [-0.4, -0.2) is 49.5 Å². The van der Waals surface area contributed by atoms with E-state index in [4.69, 9.17) is 19.3 Å². The van der Waals surface area contributed by atoms with Gasteiger partial charge in [0.15, 0.2) is 11.5 Å². The lowest BCUT2D eigenvalue weighted by molar-refractivity contribution is 0.174. The SMILES string of the molecule is COCCSc1nc(NCCO)c(C#N)c(-c2ccc3c(c2)OCO3)c1C#N. The van der Waals surface area contributed by atoms with E-state index in [1.54, 1.807) is 25.3 Å². The van der Waals surface area contributed by atoms with Crippen LogP contribution in [0.1, 0.15) is 11.1 Å². The first kappa shape index (κ1) is 19.8. The van der Waals surface area contributed by atoms with Crippen LogP contribution in [0, 0.1) is 22.7 Å². The summed E-state index contributed by atoms with van der Waals surface area (Å²) in [6.45, 7) is 0.747. The number of hydrogen-bond donors (Lipinski definition) is 2. The molecule has 0 bridgehead atoms. The molecule has 3 rings (SSSR count). The normalized spacial score (nSPS) is 11.7. The van der Waals surface area contributed by atoms with E-state index in [0.717, 1.165) is 0 Å². The number of nitrogens with one attached hydrogen (secondary N) is 1. The van der Waals surface area contributed by atoms with Crippen LogP contribution in [0.3, 0.4) is 0 Å². The highest BCUT2D eigenvalue weighted by molar-refractivity contribution is 7.99. The molecule has 0 fully saturated rings. The van der Waals surface area contributed by atoms with Gasteiger partial charge in [0.05, 0.1) is 18.8 Å². The van der Waals surface area contributed by atoms with Gasteiger partial charge in [-0.05, 0) is 17.7 Å². The Kier molecular flexibility index (Phi) is 6.56. The summed E-state index contributed by atoms with van der Waals surface area (Å²) in [5.41, 5.74) is 1.67. The highest BCUT2D eigenvalue weighted by Crippen LogP contribution is 2.41. The number of anilines is 1. The van der Waals surface area contributed by atoms with E-state index in [1.165, 1.54) is 11.8 Å². The second-order valence-electron chi connectivity index (χ2n) is 5.67. The van der Waals surface area contributed by atoms with Crippen LogP contribution < -0.4 is 14.8 Å². The Hall–Kier alpha value is -2.98. The number of thioether (sulfide) groups is 1. The van der Waals surface area contributed by atoms with Crippen molar-refractivity contribution in [3.05, 3.63) is 29.3 Å². The number of pyridine rings is 1. The maximum absolute atomic E-state index is 9.84. The van der Waals surface area contributed by atoms with Crippen LogP contribution >= 0.6 is 11.8 Å². The Morgan fingerprint density at radius 3 is 2.75 bits per heavy atom. The fourth-order valence-corrected chi connectivity index (χ4v) is 3.64. The number of aromatic nitrogens is 1. The van der Waals surface area contributed by atoms with Crippen molar-refractivity contribution in [1.29, 1.82) is 10.5 Å². The van der Waals surface area contributed by atoms with Crippen LogP contribution in [0.2, 0.25) is 0 Å². The van der Waals surface area contributed by atoms with Crippen molar-refractivity contribution >= 4 is 17.6 Å². The van der Waals surface area contributed by atoms with E-state index in [2.05, 4.69) is 22.4 Å². The molecule has 0 saturated carbocycles. The fourth-order valence-electron chi connectivity index (χ4n) is 2.75. The van der Waals surface area contributed by atoms with Gasteiger partial charge in [-0.1, -0.05) is 6.07 Å². The maximum atomic E-state index is 9.84. The third-order valence-corrected chi connectivity index (χ3v) is 4.92. The van der Waals surface area contributed by atoms with E-state index in [9.17, 15) is 10.5 Å². The molecule has 0 aliphatic carbocycles. The van der Waals surface area contributed by atoms with Crippen molar-refractivity contribution in [3.8, 4) is 34.8 Å². The predicted octanol–water partition coefficient (Wildman–Crippen LogP) is 2.36. The molecule has 0 unspecified atom stereocenters. The van der Waals surface area contributed by atoms with E-state index in [-0.39, 0.29) is 25.5 Å². The van der Waals surface area contributed by atoms with Gasteiger partial charge < -0.3 is 24.6 Å². The molecule has 144 valence electrons. The summed E-state index contributed by atoms with van der Waals surface area (Å²) in [6, 6.07) is 9.62. The lowest BCUT2D eigenvalue weighted by atomic mass is 9.96. The van der Waals surface area contributed by atoms with E-state index in [1.807, 2.05) is 0 Å². The molecule has 0 saturated heterocycles. The maximum Gasteiger partial charge on any atom is 0.231 e. The number of aliphatic hydroxyl groups is 1. The van der Waals surface area contributed by atoms with Gasteiger partial charge in [0.1, 0.15) is 28.5 Å². The molecular formula is C19H18N4O4S. The zero-order chi connectivity index (χ0) is 19.9. The number of hydrogen-bond acceptors (Lipinski definition) is 9. The molecule has 0 amide bonds. The number of methoxy groups -OCH3 is 1. The zero-order valence-electron chi connectivity index (χ0n) is 15.2. The van der Waals surface area contributed by atoms with Gasteiger partial charge in [0.2, 0.25) is 6.79 Å². The van der Waals surface area contributed by atoms with Crippen molar-refractivity contribution in [2.24, 2.45) is 0 Å². The van der Waals surface area contributed by atoms with Gasteiger partial charge in [0.25, 0.3) is 0 Å². The molecule has 28 heavy (non-hydrogen) atoms. The van der Waals surface area contributed by atoms with Gasteiger partial charge in [-0.3, -0.25) is 0 Å². The van der Waals surface area contributed by atoms with Crippen molar-refractivity contribution in [1.82, 2.24) is 4.98 Å². The van der Waals surface area contributed by atoms with Crippen LogP contribution in [0.25, 0.3) is 11.1 Å². The van der Waals surface area contributed by atoms with Gasteiger partial charge in [-0.15, -0.1) is 11.8 Å². The summed E-state index contributed by atoms with van der Waals surface area (Å²) in [7, 11) is 1.60. The van der Waals surface area contributed by atoms with Gasteiger partial charge in [-0.25, -0.2) is 4.98 Å². The molecule has 1 aromatic heterocycles. The first-order valence-corrected chi connectivity index (χ1v) is 9.46. The summed E-state index contributed by atoms with van der Waals surface area (Å²) in [6.07, 6.45) is 0. The number of aliphatic hydroxyl groups excluding tert-OH is 1. The molecular weight excluding hydrogens is 380 g/mol. The number of fused-ring (bicyclic) bond motifs is 1. The minimum Gasteiger partial charge on any atom is -0.454 e. The van der Waals surface area contributed by atoms with Gasteiger partial charge >= 0.3 is 0 Å². The molecule has 0 spiro atoms. The lowest BCUT2D eigenvalue weighted by Crippen LogP contribution is -2.11. The van der Waals surface area contributed by atoms with Crippen molar-refractivity contribution in [2.75, 3.05) is 44.7 Å². The minimum atomic E-state index is -0.113. The zero-order valence-corrected chi connectivity index (χ0v) is 16.0. The number of ether oxygens (including phenoxy) is 3. The fraction of sp³-hybridized carbons (Fsp3) is 0.316. The van der Waals surface area contributed by atoms with E-state index in [0.29, 0.717) is 51.4 Å². The molecule has 0 radical (unpaired) electrons. The minimum absolute atomic E-state index is 0.113. The van der Waals surface area contributed by atoms with Crippen LogP contribution in [0.4, 0.5) is 5.82 Å². The quantitative estimate of drug-likeness (QED) is 0.510. The Morgan fingerprint density at radius 2 is 2.04 bits per heavy atom. The predicted molar refractivity (Wildman–Crippen MR) is 103 cm³/mol. The first-order valence-electron chi connectivity index (χ1n) is 8.48. The smallest absolute Gasteiger partial charge is 0.231 e. The summed E-state index contributed by atoms with van der Waals surface area (Å²) < 4.78 is 15.9. The van der Waals surface area contributed by atoms with E-state index < -0.39 is 0 Å². The average Bonchev–Trinajstić information content (AvgIpc) is 3.19. The molecule has 2 heterocycles. The van der Waals surface area contributed by atoms with Crippen LogP contribution in [-0.2, 0) is 4.74 Å². The van der Waals surface area contributed by atoms with E-state index >= 15 is 0 Å². The molecule has 1 aliphatic rings. The molecule has 8 nitrogen and oxygen atoms in total. The second kappa shape index (κ2) is 9.29. The monoisotopic (exact) mass is 398 g/mol. The Bertz CT molecular complexity index is 952. The summed E-state index contributed by atoms with van der Waals surface area (Å²) in [4.78, 5) is 4.47. The molecule has 1 aromatic carbocycles. The average molecular weight is 398 g/mol. The number of nitrogens with zero attached hydrogens (tertiary/aromatic N) is 3. The van der Waals surface area contributed by atoms with Crippen molar-refractivity contribution in [3.63, 3.8) is 0 Å². The largest absolute Gasteiger partial charge is 0.454 e. The third kappa shape index (κ3) is 3.97. The molecule has 2 aromatic rings. The third-order valence-electron chi connectivity index (χ3n) is 3.98. The Morgan fingerprint density at radius 1 is 1.25 bits per heavy atom. The highest BCUT2D eigenvalue weighted by Gasteiger charge is 2.23. The van der Waals surface area contributed by atoms with Gasteiger partial charge in [0, 0.05) is 25.0 Å². The summed E-state index contributed by atoms with van der Waals surface area (Å²) in [5.74, 6) is 2.09. The highest BCUT2D eigenvalue weighted by atomic mass is 32.2. The van der Waals surface area contributed by atoms with Crippen LogP contribution in [0.5, 0.6) is 11.5 Å². The Balaban J connectivity index is 2.18. The lowest BCUT2D eigenvalue weighted by Gasteiger charge is -2.16. The summed E-state index contributed by atoms with van der Waals surface area (Å²) >= 11 is 1.37. The van der Waals surface area contributed by atoms with Crippen molar-refractivity contribution < 1.29 is 19.3 Å². The number of benzene rings is 1. The Labute approximate surface area is 166 Å². The number of nitriles is 2. The standard InChI is InChI=1S/C19H18N4O4S/c1-25-6-7-28-19-14(10-21)17(13(9-20)18(23-19)22-4-5-24)12-2-3-15-16(8-12)27-11-26-15/h2-3,8,24H,4-7,11H2,1H3,(H,22,23). The topological polar surface area (TPSA) is 120 Å². The number of rotatable bonds is 8. The van der Waals surface area contributed by atoms with Crippen LogP contribution in [0.15, 0.2) is 23.2 Å². The van der Waals surface area contributed by atoms with Crippen molar-refractivity contribution in [2.45, 2.75) is 5.03 Å². The second-order valence-corrected chi connectivity index (χ2v) is 6.76. The molecule has 1 aliphatic heterocycles. The molecule has 2 N–H and O–H groups in total. The first-order chi connectivity index (χ1) is 13.7.